The zero-order chi connectivity index (χ0) is 17.9. The van der Waals surface area contributed by atoms with Crippen molar-refractivity contribution in [2.24, 2.45) is 29.6 Å². The first-order valence-electron chi connectivity index (χ1n) is 11.0. The lowest BCUT2D eigenvalue weighted by molar-refractivity contribution is 0.000267. The van der Waals surface area contributed by atoms with Gasteiger partial charge in [-0.3, -0.25) is 0 Å². The Balaban J connectivity index is 0.000000180. The highest BCUT2D eigenvalue weighted by Gasteiger charge is 2.14. The van der Waals surface area contributed by atoms with Crippen LogP contribution in [0.3, 0.4) is 0 Å². The molecule has 0 aromatic heterocycles. The summed E-state index contributed by atoms with van der Waals surface area (Å²) in [6, 6.07) is 0. The number of ether oxygens (including phenoxy) is 1. The van der Waals surface area contributed by atoms with Crippen molar-refractivity contribution in [3.8, 4) is 0 Å². The van der Waals surface area contributed by atoms with Gasteiger partial charge in [0.15, 0.2) is 0 Å². The molecular formula is C23H46O. The van der Waals surface area contributed by atoms with Crippen molar-refractivity contribution in [1.82, 2.24) is 0 Å². The number of rotatable bonds is 0. The van der Waals surface area contributed by atoms with Crippen LogP contribution < -0.4 is 0 Å². The van der Waals surface area contributed by atoms with Crippen molar-refractivity contribution in [3.05, 3.63) is 0 Å². The van der Waals surface area contributed by atoms with E-state index in [1.54, 1.807) is 0 Å². The molecule has 3 rings (SSSR count). The maximum absolute atomic E-state index is 5.39. The van der Waals surface area contributed by atoms with Crippen LogP contribution in [0.5, 0.6) is 0 Å². The molecule has 1 nitrogen and oxygen atoms in total. The molecule has 144 valence electrons. The first-order valence-corrected chi connectivity index (χ1v) is 11.0. The van der Waals surface area contributed by atoms with Gasteiger partial charge in [0.25, 0.3) is 0 Å². The minimum atomic E-state index is 0.520. The van der Waals surface area contributed by atoms with Gasteiger partial charge in [-0.05, 0) is 49.4 Å². The minimum Gasteiger partial charge on any atom is -0.378 e. The molecule has 0 N–H and O–H groups in total. The molecular weight excluding hydrogens is 292 g/mol. The van der Waals surface area contributed by atoms with E-state index in [2.05, 4.69) is 41.5 Å². The van der Waals surface area contributed by atoms with Gasteiger partial charge in [0.2, 0.25) is 0 Å². The molecule has 0 aromatic carbocycles. The summed E-state index contributed by atoms with van der Waals surface area (Å²) in [5.74, 6) is 4.88. The first-order chi connectivity index (χ1) is 11.4. The van der Waals surface area contributed by atoms with Crippen LogP contribution in [0.1, 0.15) is 106 Å². The van der Waals surface area contributed by atoms with Gasteiger partial charge in [-0.15, -0.1) is 0 Å². The summed E-state index contributed by atoms with van der Waals surface area (Å²) in [6.07, 6.45) is 14.9. The fourth-order valence-electron chi connectivity index (χ4n) is 3.87. The topological polar surface area (TPSA) is 9.23 Å². The fourth-order valence-corrected chi connectivity index (χ4v) is 3.87. The second-order valence-electron chi connectivity index (χ2n) is 9.56. The second kappa shape index (κ2) is 12.3. The molecule has 0 spiro atoms. The van der Waals surface area contributed by atoms with Gasteiger partial charge in [-0.25, -0.2) is 0 Å². The molecule has 3 aliphatic rings. The van der Waals surface area contributed by atoms with Gasteiger partial charge in [0, 0.05) is 6.61 Å². The third-order valence-corrected chi connectivity index (χ3v) is 6.34. The Bertz CT molecular complexity index is 199. The highest BCUT2D eigenvalue weighted by atomic mass is 16.5. The van der Waals surface area contributed by atoms with E-state index in [0.717, 1.165) is 36.2 Å². The van der Waals surface area contributed by atoms with Gasteiger partial charge in [-0.1, -0.05) is 86.0 Å². The SMILES string of the molecule is CC1CCC(C)CC1.CC1CCC(C)CC1.CC1CCC(C)OC1. The Labute approximate surface area is 153 Å². The van der Waals surface area contributed by atoms with Crippen molar-refractivity contribution in [2.75, 3.05) is 6.61 Å². The highest BCUT2D eigenvalue weighted by Crippen LogP contribution is 2.27. The number of hydrogen-bond acceptors (Lipinski definition) is 1. The van der Waals surface area contributed by atoms with Crippen LogP contribution in [0.15, 0.2) is 0 Å². The van der Waals surface area contributed by atoms with Crippen molar-refractivity contribution in [1.29, 1.82) is 0 Å². The molecule has 2 atom stereocenters. The van der Waals surface area contributed by atoms with Crippen LogP contribution in [-0.2, 0) is 4.74 Å². The Hall–Kier alpha value is -0.0400. The minimum absolute atomic E-state index is 0.520. The van der Waals surface area contributed by atoms with Crippen LogP contribution >= 0.6 is 0 Å². The average molecular weight is 339 g/mol. The molecule has 0 aromatic rings. The predicted molar refractivity (Wildman–Crippen MR) is 107 cm³/mol. The van der Waals surface area contributed by atoms with E-state index in [9.17, 15) is 0 Å². The quantitative estimate of drug-likeness (QED) is 0.444. The van der Waals surface area contributed by atoms with E-state index in [-0.39, 0.29) is 0 Å². The van der Waals surface area contributed by atoms with Gasteiger partial charge >= 0.3 is 0 Å². The van der Waals surface area contributed by atoms with Crippen LogP contribution in [0.4, 0.5) is 0 Å². The Morgan fingerprint density at radius 2 is 0.708 bits per heavy atom. The summed E-state index contributed by atoms with van der Waals surface area (Å²) >= 11 is 0. The molecule has 1 saturated heterocycles. The van der Waals surface area contributed by atoms with Gasteiger partial charge < -0.3 is 4.74 Å². The fraction of sp³-hybridized carbons (Fsp3) is 1.00. The summed E-state index contributed by atoms with van der Waals surface area (Å²) in [6.45, 7) is 14.8. The largest absolute Gasteiger partial charge is 0.378 e. The average Bonchev–Trinajstić information content (AvgIpc) is 2.57. The van der Waals surface area contributed by atoms with Crippen LogP contribution in [0, 0.1) is 29.6 Å². The van der Waals surface area contributed by atoms with E-state index >= 15 is 0 Å². The monoisotopic (exact) mass is 338 g/mol. The van der Waals surface area contributed by atoms with Crippen LogP contribution in [-0.4, -0.2) is 12.7 Å². The summed E-state index contributed by atoms with van der Waals surface area (Å²) in [5, 5.41) is 0. The molecule has 1 heterocycles. The van der Waals surface area contributed by atoms with Crippen molar-refractivity contribution < 1.29 is 4.74 Å². The third-order valence-electron chi connectivity index (χ3n) is 6.34. The molecule has 1 aliphatic heterocycles. The standard InChI is InChI=1S/2C8H16.C7H14O/c2*1-7-3-5-8(2)6-4-7;1-6-3-4-7(2)8-5-6/h2*7-8H,3-6H2,1-2H3;6-7H,3-5H2,1-2H3. The zero-order valence-electron chi connectivity index (χ0n) is 17.7. The second-order valence-corrected chi connectivity index (χ2v) is 9.56. The van der Waals surface area contributed by atoms with E-state index in [1.165, 1.54) is 64.2 Å². The highest BCUT2D eigenvalue weighted by molar-refractivity contribution is 4.66. The molecule has 0 radical (unpaired) electrons. The Morgan fingerprint density at radius 1 is 0.417 bits per heavy atom. The molecule has 2 unspecified atom stereocenters. The molecule has 24 heavy (non-hydrogen) atoms. The van der Waals surface area contributed by atoms with Gasteiger partial charge in [0.1, 0.15) is 0 Å². The smallest absolute Gasteiger partial charge is 0.0547 e. The lowest BCUT2D eigenvalue weighted by Crippen LogP contribution is -2.21. The van der Waals surface area contributed by atoms with E-state index in [1.807, 2.05) is 0 Å². The van der Waals surface area contributed by atoms with Crippen molar-refractivity contribution >= 4 is 0 Å². The maximum atomic E-state index is 5.39. The summed E-state index contributed by atoms with van der Waals surface area (Å²) in [5.41, 5.74) is 0. The lowest BCUT2D eigenvalue weighted by atomic mass is 9.84. The molecule has 2 aliphatic carbocycles. The first kappa shape index (κ1) is 22.0. The summed E-state index contributed by atoms with van der Waals surface area (Å²) in [4.78, 5) is 0. The normalized spacial score (nSPS) is 39.8. The predicted octanol–water partition coefficient (Wildman–Crippen LogP) is 7.49. The number of hydrogen-bond donors (Lipinski definition) is 0. The zero-order valence-corrected chi connectivity index (χ0v) is 17.7. The van der Waals surface area contributed by atoms with Gasteiger partial charge in [0.05, 0.1) is 6.10 Å². The lowest BCUT2D eigenvalue weighted by Gasteiger charge is -2.23. The van der Waals surface area contributed by atoms with Crippen LogP contribution in [0.25, 0.3) is 0 Å². The third kappa shape index (κ3) is 10.7. The molecule has 0 amide bonds. The molecule has 0 bridgehead atoms. The van der Waals surface area contributed by atoms with Crippen molar-refractivity contribution in [3.63, 3.8) is 0 Å². The Kier molecular flexibility index (Phi) is 11.3. The van der Waals surface area contributed by atoms with E-state index < -0.39 is 0 Å². The summed E-state index contributed by atoms with van der Waals surface area (Å²) in [7, 11) is 0. The molecule has 3 fully saturated rings. The molecule has 2 saturated carbocycles. The Morgan fingerprint density at radius 3 is 0.917 bits per heavy atom. The van der Waals surface area contributed by atoms with Gasteiger partial charge in [-0.2, -0.15) is 0 Å². The van der Waals surface area contributed by atoms with Crippen molar-refractivity contribution in [2.45, 2.75) is 112 Å². The maximum Gasteiger partial charge on any atom is 0.0547 e. The van der Waals surface area contributed by atoms with E-state index in [0.29, 0.717) is 6.10 Å². The molecule has 1 heteroatoms. The van der Waals surface area contributed by atoms with E-state index in [4.69, 9.17) is 4.74 Å². The summed E-state index contributed by atoms with van der Waals surface area (Å²) < 4.78 is 5.39. The van der Waals surface area contributed by atoms with Crippen LogP contribution in [0.2, 0.25) is 0 Å².